The predicted molar refractivity (Wildman–Crippen MR) is 46.4 cm³/mol. The van der Waals surface area contributed by atoms with Crippen molar-refractivity contribution in [3.8, 4) is 0 Å². The zero-order valence-corrected chi connectivity index (χ0v) is 8.59. The average Bonchev–Trinajstić information content (AvgIpc) is 1.91. The number of benzene rings is 1. The molecule has 0 aliphatic heterocycles. The van der Waals surface area contributed by atoms with Crippen LogP contribution in [0.2, 0.25) is 0 Å². The molecule has 0 atom stereocenters. The smallest absolute Gasteiger partial charge is 0.0340 e. The Morgan fingerprint density at radius 1 is 1.20 bits per heavy atom. The Balaban J connectivity index is 0.000000810. The first-order chi connectivity index (χ1) is 4.43. The number of nitrogens with one attached hydrogen (secondary N) is 1. The summed E-state index contributed by atoms with van der Waals surface area (Å²) in [5, 5.41) is 3.21. The quantitative estimate of drug-likeness (QED) is 0.623. The van der Waals surface area contributed by atoms with Gasteiger partial charge in [-0.1, -0.05) is 18.2 Å². The summed E-state index contributed by atoms with van der Waals surface area (Å²) < 4.78 is 0. The maximum absolute atomic E-state index is 3.21. The molecule has 0 saturated carbocycles. The van der Waals surface area contributed by atoms with Gasteiger partial charge in [-0.3, -0.25) is 0 Å². The third-order valence-corrected chi connectivity index (χ3v) is 1.15. The van der Waals surface area contributed by atoms with Crippen molar-refractivity contribution in [3.63, 3.8) is 0 Å². The van der Waals surface area contributed by atoms with Gasteiger partial charge in [-0.15, -0.1) is 0 Å². The molecule has 0 fully saturated rings. The summed E-state index contributed by atoms with van der Waals surface area (Å²) in [6.45, 7) is 3.08. The summed E-state index contributed by atoms with van der Waals surface area (Å²) in [7, 11) is 0. The second-order valence-corrected chi connectivity index (χ2v) is 1.90. The van der Waals surface area contributed by atoms with Crippen molar-refractivity contribution in [1.82, 2.24) is 0 Å². The Morgan fingerprint density at radius 2 is 1.80 bits per heavy atom. The minimum absolute atomic E-state index is 0. The Labute approximate surface area is 84.1 Å². The molecular weight excluding hydrogens is 133 g/mol. The van der Waals surface area contributed by atoms with Crippen molar-refractivity contribution in [1.29, 1.82) is 0 Å². The molecule has 1 aromatic carbocycles. The van der Waals surface area contributed by atoms with Crippen molar-refractivity contribution in [2.24, 2.45) is 0 Å². The van der Waals surface area contributed by atoms with Gasteiger partial charge in [-0.05, 0) is 19.1 Å². The molecule has 10 heavy (non-hydrogen) atoms. The number of hydrogen-bond donors (Lipinski definition) is 1. The summed E-state index contributed by atoms with van der Waals surface area (Å²) in [5.41, 5.74) is 1.19. The summed E-state index contributed by atoms with van der Waals surface area (Å²) in [4.78, 5) is 0. The molecule has 49 valence electrons. The van der Waals surface area contributed by atoms with Crippen molar-refractivity contribution in [2.75, 3.05) is 11.9 Å². The molecule has 2 heteroatoms. The Bertz CT molecular complexity index is 162. The maximum Gasteiger partial charge on any atom is 0.0340 e. The average molecular weight is 144 g/mol. The molecule has 0 amide bonds. The molecule has 1 aromatic rings. The van der Waals surface area contributed by atoms with E-state index in [0.29, 0.717) is 0 Å². The molecule has 1 N–H and O–H groups in total. The monoisotopic (exact) mass is 144 g/mol. The SMILES string of the molecule is CCNc1ccccc1.[Na]. The van der Waals surface area contributed by atoms with Crippen LogP contribution in [-0.4, -0.2) is 36.1 Å². The fourth-order valence-corrected chi connectivity index (χ4v) is 0.760. The number of para-hydroxylation sites is 1. The molecule has 1 nitrogen and oxygen atoms in total. The molecule has 0 aromatic heterocycles. The summed E-state index contributed by atoms with van der Waals surface area (Å²) in [6, 6.07) is 10.2. The molecule has 1 rings (SSSR count). The topological polar surface area (TPSA) is 12.0 Å². The van der Waals surface area contributed by atoms with Crippen LogP contribution >= 0.6 is 0 Å². The fraction of sp³-hybridized carbons (Fsp3) is 0.250. The molecular formula is C8H11NNa. The molecule has 0 unspecified atom stereocenters. The predicted octanol–water partition coefficient (Wildman–Crippen LogP) is 1.74. The van der Waals surface area contributed by atoms with Gasteiger partial charge < -0.3 is 5.32 Å². The standard InChI is InChI=1S/C8H11N.Na/c1-2-9-8-6-4-3-5-7-8;/h3-7,9H,2H2,1H3;. The van der Waals surface area contributed by atoms with Crippen LogP contribution in [0.3, 0.4) is 0 Å². The van der Waals surface area contributed by atoms with Crippen LogP contribution in [0.4, 0.5) is 5.69 Å². The molecule has 0 aliphatic carbocycles. The summed E-state index contributed by atoms with van der Waals surface area (Å²) >= 11 is 0. The first-order valence-corrected chi connectivity index (χ1v) is 3.22. The second-order valence-electron chi connectivity index (χ2n) is 1.90. The van der Waals surface area contributed by atoms with Gasteiger partial charge in [0.15, 0.2) is 0 Å². The van der Waals surface area contributed by atoms with Gasteiger partial charge in [0.1, 0.15) is 0 Å². The molecule has 0 saturated heterocycles. The van der Waals surface area contributed by atoms with E-state index in [9.17, 15) is 0 Å². The third-order valence-electron chi connectivity index (χ3n) is 1.15. The van der Waals surface area contributed by atoms with E-state index in [1.54, 1.807) is 0 Å². The van der Waals surface area contributed by atoms with E-state index in [1.165, 1.54) is 5.69 Å². The minimum atomic E-state index is 0. The fourth-order valence-electron chi connectivity index (χ4n) is 0.760. The first kappa shape index (κ1) is 10.0. The maximum atomic E-state index is 3.21. The Kier molecular flexibility index (Phi) is 5.79. The van der Waals surface area contributed by atoms with E-state index in [-0.39, 0.29) is 29.6 Å². The van der Waals surface area contributed by atoms with Gasteiger partial charge in [0, 0.05) is 41.8 Å². The van der Waals surface area contributed by atoms with E-state index in [4.69, 9.17) is 0 Å². The normalized spacial score (nSPS) is 8.10. The van der Waals surface area contributed by atoms with Crippen molar-refractivity contribution >= 4 is 35.2 Å². The van der Waals surface area contributed by atoms with Gasteiger partial charge in [0.2, 0.25) is 0 Å². The Morgan fingerprint density at radius 3 is 2.30 bits per heavy atom. The largest absolute Gasteiger partial charge is 0.385 e. The van der Waals surface area contributed by atoms with Crippen LogP contribution < -0.4 is 5.32 Å². The zero-order valence-electron chi connectivity index (χ0n) is 6.59. The van der Waals surface area contributed by atoms with E-state index in [2.05, 4.69) is 24.4 Å². The molecule has 0 aliphatic rings. The van der Waals surface area contributed by atoms with Gasteiger partial charge in [0.25, 0.3) is 0 Å². The van der Waals surface area contributed by atoms with E-state index in [1.807, 2.05) is 18.2 Å². The molecule has 0 bridgehead atoms. The van der Waals surface area contributed by atoms with E-state index in [0.717, 1.165) is 6.54 Å². The summed E-state index contributed by atoms with van der Waals surface area (Å²) in [6.07, 6.45) is 0. The summed E-state index contributed by atoms with van der Waals surface area (Å²) in [5.74, 6) is 0. The van der Waals surface area contributed by atoms with Crippen molar-refractivity contribution in [3.05, 3.63) is 30.3 Å². The minimum Gasteiger partial charge on any atom is -0.385 e. The third kappa shape index (κ3) is 3.25. The second kappa shape index (κ2) is 5.78. The van der Waals surface area contributed by atoms with Crippen LogP contribution in [-0.2, 0) is 0 Å². The number of rotatable bonds is 2. The van der Waals surface area contributed by atoms with Crippen molar-refractivity contribution < 1.29 is 0 Å². The number of anilines is 1. The van der Waals surface area contributed by atoms with E-state index < -0.39 is 0 Å². The molecule has 0 heterocycles. The van der Waals surface area contributed by atoms with E-state index >= 15 is 0 Å². The van der Waals surface area contributed by atoms with Gasteiger partial charge in [-0.2, -0.15) is 0 Å². The zero-order chi connectivity index (χ0) is 6.53. The van der Waals surface area contributed by atoms with Gasteiger partial charge >= 0.3 is 0 Å². The van der Waals surface area contributed by atoms with Crippen molar-refractivity contribution in [2.45, 2.75) is 6.92 Å². The van der Waals surface area contributed by atoms with Crippen LogP contribution in [0.15, 0.2) is 30.3 Å². The Hall–Kier alpha value is 0.0200. The first-order valence-electron chi connectivity index (χ1n) is 3.22. The molecule has 1 radical (unpaired) electrons. The van der Waals surface area contributed by atoms with Crippen LogP contribution in [0, 0.1) is 0 Å². The number of hydrogen-bond acceptors (Lipinski definition) is 1. The van der Waals surface area contributed by atoms with Gasteiger partial charge in [0.05, 0.1) is 0 Å². The van der Waals surface area contributed by atoms with Gasteiger partial charge in [-0.25, -0.2) is 0 Å². The molecule has 0 spiro atoms. The van der Waals surface area contributed by atoms with Crippen LogP contribution in [0.5, 0.6) is 0 Å². The van der Waals surface area contributed by atoms with Crippen LogP contribution in [0.1, 0.15) is 6.92 Å². The van der Waals surface area contributed by atoms with Crippen LogP contribution in [0.25, 0.3) is 0 Å².